The maximum atomic E-state index is 12.9. The lowest BCUT2D eigenvalue weighted by molar-refractivity contribution is 0.110. The first-order chi connectivity index (χ1) is 5.69. The molecular weight excluding hydrogens is 274 g/mol. The highest BCUT2D eigenvalue weighted by Gasteiger charge is 2.07. The number of hydrogen-bond acceptors (Lipinski definition) is 2. The molecule has 0 aliphatic rings. The normalized spacial score (nSPS) is 9.50. The van der Waals surface area contributed by atoms with Crippen molar-refractivity contribution < 1.29 is 14.0 Å². The van der Waals surface area contributed by atoms with Gasteiger partial charge in [0.05, 0.1) is 5.56 Å². The van der Waals surface area contributed by atoms with Crippen LogP contribution in [0, 0.1) is 9.39 Å². The highest BCUT2D eigenvalue weighted by atomic mass is 127. The number of hydrogen-bond donors (Lipinski definition) is 0. The largest absolute Gasteiger partial charge is 0.298 e. The molecule has 2 nitrogen and oxygen atoms in total. The quantitative estimate of drug-likeness (QED) is 0.613. The molecule has 0 heterocycles. The van der Waals surface area contributed by atoms with Crippen LogP contribution in [-0.4, -0.2) is 12.6 Å². The second-order valence-electron chi connectivity index (χ2n) is 2.13. The third-order valence-corrected chi connectivity index (χ3v) is 2.25. The molecule has 1 aromatic rings. The van der Waals surface area contributed by atoms with Gasteiger partial charge in [-0.2, -0.15) is 0 Å². The van der Waals surface area contributed by atoms with Crippen molar-refractivity contribution in [1.82, 2.24) is 0 Å². The highest BCUT2D eigenvalue weighted by molar-refractivity contribution is 14.1. The van der Waals surface area contributed by atoms with E-state index in [4.69, 9.17) is 0 Å². The summed E-state index contributed by atoms with van der Waals surface area (Å²) in [6.45, 7) is 0. The number of carbonyl (C=O) groups is 2. The Bertz CT molecular complexity index is 313. The Morgan fingerprint density at radius 2 is 1.92 bits per heavy atom. The lowest BCUT2D eigenvalue weighted by atomic mass is 10.1. The van der Waals surface area contributed by atoms with E-state index < -0.39 is 5.82 Å². The first kappa shape index (κ1) is 9.31. The topological polar surface area (TPSA) is 34.1 Å². The summed E-state index contributed by atoms with van der Waals surface area (Å²) >= 11 is 1.80. The molecule has 0 unspecified atom stereocenters. The second-order valence-corrected chi connectivity index (χ2v) is 3.30. The van der Waals surface area contributed by atoms with E-state index in [1.54, 1.807) is 22.6 Å². The zero-order valence-corrected chi connectivity index (χ0v) is 8.04. The molecule has 0 radical (unpaired) electrons. The van der Waals surface area contributed by atoms with Crippen LogP contribution in [0.2, 0.25) is 0 Å². The van der Waals surface area contributed by atoms with Crippen LogP contribution in [-0.2, 0) is 0 Å². The Hall–Kier alpha value is -0.780. The van der Waals surface area contributed by atoms with Crippen LogP contribution in [0.4, 0.5) is 4.39 Å². The zero-order valence-electron chi connectivity index (χ0n) is 5.88. The maximum absolute atomic E-state index is 12.9. The van der Waals surface area contributed by atoms with Crippen molar-refractivity contribution in [1.29, 1.82) is 0 Å². The van der Waals surface area contributed by atoms with Gasteiger partial charge in [-0.05, 0) is 34.7 Å². The van der Waals surface area contributed by atoms with Crippen molar-refractivity contribution in [2.24, 2.45) is 0 Å². The fourth-order valence-corrected chi connectivity index (χ4v) is 1.53. The standard InChI is InChI=1S/C8H4FIO2/c9-7-1-5(3-11)2-8(10)6(7)4-12/h1-4H. The van der Waals surface area contributed by atoms with Gasteiger partial charge in [-0.25, -0.2) is 4.39 Å². The molecule has 62 valence electrons. The summed E-state index contributed by atoms with van der Waals surface area (Å²) in [5, 5.41) is 0. The first-order valence-corrected chi connectivity index (χ1v) is 4.16. The molecule has 0 aliphatic carbocycles. The third-order valence-electron chi connectivity index (χ3n) is 1.36. The lowest BCUT2D eigenvalue weighted by Crippen LogP contribution is -1.94. The fraction of sp³-hybridized carbons (Fsp3) is 0. The average Bonchev–Trinajstić information content (AvgIpc) is 2.03. The smallest absolute Gasteiger partial charge is 0.154 e. The number of halogens is 2. The Morgan fingerprint density at radius 1 is 1.25 bits per heavy atom. The summed E-state index contributed by atoms with van der Waals surface area (Å²) in [5.41, 5.74) is 0.240. The SMILES string of the molecule is O=Cc1cc(F)c(C=O)c(I)c1. The highest BCUT2D eigenvalue weighted by Crippen LogP contribution is 2.15. The minimum absolute atomic E-state index is 0.00111. The van der Waals surface area contributed by atoms with Gasteiger partial charge in [0.15, 0.2) is 6.29 Å². The lowest BCUT2D eigenvalue weighted by Gasteiger charge is -1.98. The van der Waals surface area contributed by atoms with Crippen molar-refractivity contribution in [2.75, 3.05) is 0 Å². The van der Waals surface area contributed by atoms with Crippen molar-refractivity contribution in [3.63, 3.8) is 0 Å². The molecule has 0 atom stereocenters. The molecule has 0 saturated heterocycles. The van der Waals surface area contributed by atoms with E-state index in [2.05, 4.69) is 0 Å². The molecule has 12 heavy (non-hydrogen) atoms. The predicted octanol–water partition coefficient (Wildman–Crippen LogP) is 2.06. The van der Waals surface area contributed by atoms with Crippen LogP contribution in [0.15, 0.2) is 12.1 Å². The van der Waals surface area contributed by atoms with Crippen LogP contribution in [0.25, 0.3) is 0 Å². The van der Waals surface area contributed by atoms with Crippen LogP contribution in [0.5, 0.6) is 0 Å². The van der Waals surface area contributed by atoms with Gasteiger partial charge in [-0.3, -0.25) is 9.59 Å². The zero-order chi connectivity index (χ0) is 9.14. The van der Waals surface area contributed by atoms with E-state index in [1.165, 1.54) is 6.07 Å². The summed E-state index contributed by atoms with van der Waals surface area (Å²) in [5.74, 6) is -0.654. The van der Waals surface area contributed by atoms with Gasteiger partial charge in [-0.1, -0.05) is 0 Å². The van der Waals surface area contributed by atoms with E-state index in [0.29, 0.717) is 16.1 Å². The van der Waals surface area contributed by atoms with E-state index in [0.717, 1.165) is 6.07 Å². The van der Waals surface area contributed by atoms with Crippen molar-refractivity contribution in [3.05, 3.63) is 32.6 Å². The van der Waals surface area contributed by atoms with Crippen LogP contribution >= 0.6 is 22.6 Å². The van der Waals surface area contributed by atoms with Gasteiger partial charge in [0.2, 0.25) is 0 Å². The molecular formula is C8H4FIO2. The fourth-order valence-electron chi connectivity index (χ4n) is 0.785. The number of aldehydes is 2. The van der Waals surface area contributed by atoms with Gasteiger partial charge in [0.25, 0.3) is 0 Å². The summed E-state index contributed by atoms with van der Waals surface area (Å²) in [6.07, 6.45) is 0.978. The van der Waals surface area contributed by atoms with Crippen LogP contribution in [0.1, 0.15) is 20.7 Å². The van der Waals surface area contributed by atoms with Crippen molar-refractivity contribution in [2.45, 2.75) is 0 Å². The molecule has 0 spiro atoms. The molecule has 0 amide bonds. The Morgan fingerprint density at radius 3 is 2.33 bits per heavy atom. The van der Waals surface area contributed by atoms with Gasteiger partial charge >= 0.3 is 0 Å². The third kappa shape index (κ3) is 1.69. The molecule has 0 aromatic heterocycles. The van der Waals surface area contributed by atoms with Gasteiger partial charge in [0.1, 0.15) is 12.1 Å². The first-order valence-electron chi connectivity index (χ1n) is 3.08. The Labute approximate surface area is 81.9 Å². The minimum Gasteiger partial charge on any atom is -0.298 e. The van der Waals surface area contributed by atoms with E-state index in [9.17, 15) is 14.0 Å². The van der Waals surface area contributed by atoms with Gasteiger partial charge in [-0.15, -0.1) is 0 Å². The minimum atomic E-state index is -0.654. The number of benzene rings is 1. The monoisotopic (exact) mass is 278 g/mol. The molecule has 0 bridgehead atoms. The number of rotatable bonds is 2. The van der Waals surface area contributed by atoms with Crippen molar-refractivity contribution in [3.8, 4) is 0 Å². The number of carbonyl (C=O) groups excluding carboxylic acids is 2. The molecule has 1 aromatic carbocycles. The van der Waals surface area contributed by atoms with Gasteiger partial charge in [0, 0.05) is 9.13 Å². The molecule has 0 N–H and O–H groups in total. The summed E-state index contributed by atoms with van der Waals surface area (Å²) in [4.78, 5) is 20.6. The maximum Gasteiger partial charge on any atom is 0.154 e. The van der Waals surface area contributed by atoms with Crippen LogP contribution in [0.3, 0.4) is 0 Å². The molecule has 0 saturated carbocycles. The predicted molar refractivity (Wildman–Crippen MR) is 49.9 cm³/mol. The summed E-state index contributed by atoms with van der Waals surface area (Å²) in [7, 11) is 0. The Balaban J connectivity index is 3.36. The second kappa shape index (κ2) is 3.75. The van der Waals surface area contributed by atoms with Gasteiger partial charge < -0.3 is 0 Å². The van der Waals surface area contributed by atoms with E-state index in [1.807, 2.05) is 0 Å². The molecule has 0 fully saturated rings. The molecule has 0 aliphatic heterocycles. The van der Waals surface area contributed by atoms with E-state index >= 15 is 0 Å². The molecule has 4 heteroatoms. The Kier molecular flexibility index (Phi) is 2.91. The average molecular weight is 278 g/mol. The summed E-state index contributed by atoms with van der Waals surface area (Å²) in [6, 6.07) is 2.50. The molecule has 1 rings (SSSR count). The van der Waals surface area contributed by atoms with Crippen molar-refractivity contribution >= 4 is 35.2 Å². The van der Waals surface area contributed by atoms with E-state index in [-0.39, 0.29) is 11.1 Å². The summed E-state index contributed by atoms with van der Waals surface area (Å²) < 4.78 is 13.4. The van der Waals surface area contributed by atoms with Crippen LogP contribution < -0.4 is 0 Å².